The Bertz CT molecular complexity index is 710. The van der Waals surface area contributed by atoms with Gasteiger partial charge in [0.25, 0.3) is 0 Å². The lowest BCUT2D eigenvalue weighted by Gasteiger charge is -2.21. The lowest BCUT2D eigenvalue weighted by atomic mass is 10.2. The zero-order chi connectivity index (χ0) is 17.5. The van der Waals surface area contributed by atoms with Gasteiger partial charge in [0.1, 0.15) is 0 Å². The number of nitrogens with one attached hydrogen (secondary N) is 1. The van der Waals surface area contributed by atoms with Crippen molar-refractivity contribution in [2.75, 3.05) is 24.1 Å². The van der Waals surface area contributed by atoms with Crippen LogP contribution in [0.3, 0.4) is 0 Å². The summed E-state index contributed by atoms with van der Waals surface area (Å²) >= 11 is 12.0. The molecule has 136 valence electrons. The van der Waals surface area contributed by atoms with Gasteiger partial charge in [-0.3, -0.25) is 9.69 Å². The molecule has 4 nitrogen and oxygen atoms in total. The fourth-order valence-corrected chi connectivity index (χ4v) is 2.92. The summed E-state index contributed by atoms with van der Waals surface area (Å²) in [5, 5.41) is 3.79. The Balaban J connectivity index is 0.00000312. The molecule has 0 aliphatic carbocycles. The number of anilines is 2. The molecule has 0 unspecified atom stereocenters. The SMILES string of the molecule is CCCN(CC(=O)Nc1ccc(Cl)cc1Cl)Cc1cccc(N)c1.Cl. The average Bonchev–Trinajstić information content (AvgIpc) is 2.50. The Morgan fingerprint density at radius 3 is 2.60 bits per heavy atom. The minimum absolute atomic E-state index is 0. The van der Waals surface area contributed by atoms with E-state index >= 15 is 0 Å². The molecule has 7 heteroatoms. The third-order valence-electron chi connectivity index (χ3n) is 3.47. The molecular formula is C18H22Cl3N3O. The molecule has 0 saturated carbocycles. The molecule has 0 radical (unpaired) electrons. The molecule has 0 bridgehead atoms. The molecule has 0 aliphatic rings. The molecule has 1 amide bonds. The zero-order valence-electron chi connectivity index (χ0n) is 14.0. The second-order valence-electron chi connectivity index (χ2n) is 5.63. The van der Waals surface area contributed by atoms with E-state index in [1.165, 1.54) is 0 Å². The molecule has 0 aromatic heterocycles. The van der Waals surface area contributed by atoms with Crippen LogP contribution in [0.2, 0.25) is 10.0 Å². The van der Waals surface area contributed by atoms with Crippen LogP contribution < -0.4 is 11.1 Å². The molecule has 0 spiro atoms. The van der Waals surface area contributed by atoms with E-state index in [-0.39, 0.29) is 24.9 Å². The van der Waals surface area contributed by atoms with Crippen molar-refractivity contribution >= 4 is 52.9 Å². The van der Waals surface area contributed by atoms with Crippen molar-refractivity contribution in [1.29, 1.82) is 0 Å². The van der Waals surface area contributed by atoms with Gasteiger partial charge in [0, 0.05) is 17.3 Å². The normalized spacial score (nSPS) is 10.4. The number of benzene rings is 2. The van der Waals surface area contributed by atoms with Crippen molar-refractivity contribution in [1.82, 2.24) is 4.90 Å². The first-order valence-electron chi connectivity index (χ1n) is 7.79. The predicted molar refractivity (Wildman–Crippen MR) is 109 cm³/mol. The molecule has 0 atom stereocenters. The van der Waals surface area contributed by atoms with Crippen LogP contribution in [0.1, 0.15) is 18.9 Å². The van der Waals surface area contributed by atoms with Crippen molar-refractivity contribution in [2.24, 2.45) is 0 Å². The van der Waals surface area contributed by atoms with Crippen molar-refractivity contribution in [3.8, 4) is 0 Å². The highest BCUT2D eigenvalue weighted by Crippen LogP contribution is 2.25. The van der Waals surface area contributed by atoms with E-state index in [1.807, 2.05) is 24.3 Å². The van der Waals surface area contributed by atoms with Crippen molar-refractivity contribution in [3.63, 3.8) is 0 Å². The first-order valence-corrected chi connectivity index (χ1v) is 8.55. The van der Waals surface area contributed by atoms with E-state index in [0.717, 1.165) is 24.2 Å². The summed E-state index contributed by atoms with van der Waals surface area (Å²) in [6.07, 6.45) is 0.956. The number of halogens is 3. The summed E-state index contributed by atoms with van der Waals surface area (Å²) in [7, 11) is 0. The summed E-state index contributed by atoms with van der Waals surface area (Å²) in [6, 6.07) is 12.7. The topological polar surface area (TPSA) is 58.4 Å². The van der Waals surface area contributed by atoms with Crippen molar-refractivity contribution < 1.29 is 4.79 Å². The van der Waals surface area contributed by atoms with Crippen LogP contribution in [0.15, 0.2) is 42.5 Å². The van der Waals surface area contributed by atoms with Crippen LogP contribution in [0.4, 0.5) is 11.4 Å². The second kappa shape index (κ2) is 10.5. The monoisotopic (exact) mass is 401 g/mol. The Morgan fingerprint density at radius 1 is 1.20 bits per heavy atom. The van der Waals surface area contributed by atoms with Gasteiger partial charge in [-0.1, -0.05) is 42.3 Å². The maximum atomic E-state index is 12.3. The fraction of sp³-hybridized carbons (Fsp3) is 0.278. The van der Waals surface area contributed by atoms with Crippen molar-refractivity contribution in [2.45, 2.75) is 19.9 Å². The summed E-state index contributed by atoms with van der Waals surface area (Å²) in [5.74, 6) is -0.114. The van der Waals surface area contributed by atoms with Gasteiger partial charge in [-0.05, 0) is 48.9 Å². The number of nitrogens with two attached hydrogens (primary N) is 1. The highest BCUT2D eigenvalue weighted by molar-refractivity contribution is 6.36. The second-order valence-corrected chi connectivity index (χ2v) is 6.47. The number of hydrogen-bond donors (Lipinski definition) is 2. The maximum Gasteiger partial charge on any atom is 0.238 e. The summed E-state index contributed by atoms with van der Waals surface area (Å²) in [6.45, 7) is 3.85. The maximum absolute atomic E-state index is 12.3. The predicted octanol–water partition coefficient (Wildman–Crippen LogP) is 4.85. The standard InChI is InChI=1S/C18H21Cl2N3O.ClH/c1-2-8-23(11-13-4-3-5-15(21)9-13)12-18(24)22-17-7-6-14(19)10-16(17)20;/h3-7,9-10H,2,8,11-12,21H2,1H3,(H,22,24);1H. The molecule has 2 rings (SSSR count). The number of amides is 1. The molecular weight excluding hydrogens is 381 g/mol. The minimum Gasteiger partial charge on any atom is -0.399 e. The van der Waals surface area contributed by atoms with Crippen molar-refractivity contribution in [3.05, 3.63) is 58.1 Å². The molecule has 0 saturated heterocycles. The number of nitrogens with zero attached hydrogens (tertiary/aromatic N) is 1. The largest absolute Gasteiger partial charge is 0.399 e. The van der Waals surface area contributed by atoms with Crippen LogP contribution in [-0.4, -0.2) is 23.9 Å². The Morgan fingerprint density at radius 2 is 1.96 bits per heavy atom. The van der Waals surface area contributed by atoms with E-state index in [1.54, 1.807) is 18.2 Å². The Kier molecular flexibility index (Phi) is 9.08. The number of carbonyl (C=O) groups excluding carboxylic acids is 1. The molecule has 0 aliphatic heterocycles. The van der Waals surface area contributed by atoms with Crippen LogP contribution in [0, 0.1) is 0 Å². The Labute approximate surface area is 164 Å². The van der Waals surface area contributed by atoms with Gasteiger partial charge in [-0.15, -0.1) is 12.4 Å². The number of carbonyl (C=O) groups is 1. The van der Waals surface area contributed by atoms with Crippen LogP contribution in [-0.2, 0) is 11.3 Å². The molecule has 2 aromatic rings. The van der Waals surface area contributed by atoms with Gasteiger partial charge in [-0.25, -0.2) is 0 Å². The quantitative estimate of drug-likeness (QED) is 0.651. The summed E-state index contributed by atoms with van der Waals surface area (Å²) in [5.41, 5.74) is 8.19. The first kappa shape index (κ1) is 21.6. The highest BCUT2D eigenvalue weighted by atomic mass is 35.5. The third-order valence-corrected chi connectivity index (χ3v) is 4.02. The number of rotatable bonds is 7. The van der Waals surface area contributed by atoms with E-state index in [2.05, 4.69) is 17.1 Å². The highest BCUT2D eigenvalue weighted by Gasteiger charge is 2.12. The fourth-order valence-electron chi connectivity index (χ4n) is 2.46. The molecule has 2 aromatic carbocycles. The number of hydrogen-bond acceptors (Lipinski definition) is 3. The van der Waals surface area contributed by atoms with E-state index in [4.69, 9.17) is 28.9 Å². The lowest BCUT2D eigenvalue weighted by molar-refractivity contribution is -0.117. The summed E-state index contributed by atoms with van der Waals surface area (Å²) < 4.78 is 0. The van der Waals surface area contributed by atoms with Gasteiger partial charge < -0.3 is 11.1 Å². The van der Waals surface area contributed by atoms with E-state index in [0.29, 0.717) is 22.3 Å². The molecule has 0 heterocycles. The van der Waals surface area contributed by atoms with E-state index in [9.17, 15) is 4.79 Å². The first-order chi connectivity index (χ1) is 11.5. The summed E-state index contributed by atoms with van der Waals surface area (Å²) in [4.78, 5) is 14.4. The van der Waals surface area contributed by atoms with Crippen LogP contribution in [0.5, 0.6) is 0 Å². The third kappa shape index (κ3) is 7.12. The molecule has 25 heavy (non-hydrogen) atoms. The van der Waals surface area contributed by atoms with Crippen LogP contribution in [0.25, 0.3) is 0 Å². The van der Waals surface area contributed by atoms with Gasteiger partial charge in [0.2, 0.25) is 5.91 Å². The van der Waals surface area contributed by atoms with Crippen LogP contribution >= 0.6 is 35.6 Å². The van der Waals surface area contributed by atoms with Gasteiger partial charge in [-0.2, -0.15) is 0 Å². The smallest absolute Gasteiger partial charge is 0.238 e. The Hall–Kier alpha value is -1.46. The zero-order valence-corrected chi connectivity index (χ0v) is 16.3. The average molecular weight is 403 g/mol. The van der Waals surface area contributed by atoms with Gasteiger partial charge in [0.15, 0.2) is 0 Å². The number of nitrogen functional groups attached to an aromatic ring is 1. The lowest BCUT2D eigenvalue weighted by Crippen LogP contribution is -2.33. The molecule has 3 N–H and O–H groups in total. The minimum atomic E-state index is -0.114. The van der Waals surface area contributed by atoms with Gasteiger partial charge >= 0.3 is 0 Å². The molecule has 0 fully saturated rings. The van der Waals surface area contributed by atoms with E-state index < -0.39 is 0 Å². The van der Waals surface area contributed by atoms with Gasteiger partial charge in [0.05, 0.1) is 17.3 Å².